The van der Waals surface area contributed by atoms with Crippen LogP contribution in [0.4, 0.5) is 0 Å². The van der Waals surface area contributed by atoms with Gasteiger partial charge in [-0.3, -0.25) is 0 Å². The predicted octanol–water partition coefficient (Wildman–Crippen LogP) is 3.21. The van der Waals surface area contributed by atoms with Crippen LogP contribution in [0.15, 0.2) is 6.07 Å². The summed E-state index contributed by atoms with van der Waals surface area (Å²) in [4.78, 5) is 0. The van der Waals surface area contributed by atoms with Gasteiger partial charge in [0.05, 0.1) is 0 Å². The van der Waals surface area contributed by atoms with E-state index in [1.54, 1.807) is 0 Å². The van der Waals surface area contributed by atoms with E-state index in [9.17, 15) is 0 Å². The number of rotatable bonds is 0. The third kappa shape index (κ3) is 28.3. The number of aryl methyl sites for hydroxylation is 2. The van der Waals surface area contributed by atoms with Crippen molar-refractivity contribution in [2.24, 2.45) is 0 Å². The molecule has 0 radical (unpaired) electrons. The van der Waals surface area contributed by atoms with Crippen LogP contribution in [-0.4, -0.2) is 25.9 Å². The molecule has 0 saturated heterocycles. The Balaban J connectivity index is -0.000000107. The van der Waals surface area contributed by atoms with E-state index in [1.807, 2.05) is 20.8 Å². The molecule has 0 amide bonds. The van der Waals surface area contributed by atoms with Crippen molar-refractivity contribution < 1.29 is 29.4 Å². The Bertz CT molecular complexity index is 350. The first-order valence-corrected chi connectivity index (χ1v) is 12.0. The van der Waals surface area contributed by atoms with Gasteiger partial charge in [0, 0.05) is 0 Å². The van der Waals surface area contributed by atoms with Gasteiger partial charge in [-0.15, -0.1) is 5.54 Å². The first kappa shape index (κ1) is 30.1. The van der Waals surface area contributed by atoms with Crippen LogP contribution in [0, 0.1) is 27.7 Å². The molecule has 0 heterocycles. The van der Waals surface area contributed by atoms with Gasteiger partial charge >= 0.3 is 38.5 Å². The SMILES string of the molecule is CC(C)(C)[NH-].C[O-].C[O-].C[Si](C)=[Ti+2].Cc1c[c-](C)c(C)c1C. The van der Waals surface area contributed by atoms with E-state index in [4.69, 9.17) is 15.9 Å². The van der Waals surface area contributed by atoms with Crippen molar-refractivity contribution in [2.45, 2.75) is 67.1 Å². The maximum absolute atomic E-state index is 8.25. The maximum Gasteiger partial charge on any atom is -0.0630 e. The van der Waals surface area contributed by atoms with E-state index in [1.165, 1.54) is 22.3 Å². The standard InChI is InChI=1S/C9H13.C4H10N.C2H6Si.2CH3O.Ti/c1-6-5-7(2)9(4)8(6)3;1-4(2,3)5;1-3-2;2*1-2;/h5H,1-4H3;5H,1-3H3;1-2H3;2*1H3;/q2*-1;;2*-1;+2. The molecule has 1 rings (SSSR count). The summed E-state index contributed by atoms with van der Waals surface area (Å²) in [5, 5.41) is 16.5. The molecule has 1 N–H and O–H groups in total. The average Bonchev–Trinajstić information content (AvgIpc) is 2.59. The van der Waals surface area contributed by atoms with Crippen LogP contribution >= 0.6 is 0 Å². The largest absolute Gasteiger partial charge is 0.199 e. The van der Waals surface area contributed by atoms with Crippen molar-refractivity contribution >= 4 is 6.19 Å². The van der Waals surface area contributed by atoms with E-state index in [2.05, 4.69) is 66.0 Å². The molecule has 0 bridgehead atoms. The molecule has 0 aromatic heterocycles. The molecular formula is C17H35NO2SiTi-2. The Morgan fingerprint density at radius 2 is 1.27 bits per heavy atom. The van der Waals surface area contributed by atoms with Crippen LogP contribution in [0.3, 0.4) is 0 Å². The Kier molecular flexibility index (Phi) is 24.0. The molecule has 5 heteroatoms. The van der Waals surface area contributed by atoms with Gasteiger partial charge in [-0.05, 0) is 0 Å². The number of nitrogens with one attached hydrogen (secondary N) is 1. The summed E-state index contributed by atoms with van der Waals surface area (Å²) in [6.07, 6.45) is 0.120. The molecule has 1 aromatic carbocycles. The first-order chi connectivity index (χ1) is 9.86. The van der Waals surface area contributed by atoms with Crippen molar-refractivity contribution in [3.8, 4) is 0 Å². The number of hydrogen-bond donors (Lipinski definition) is 0. The van der Waals surface area contributed by atoms with Crippen molar-refractivity contribution in [1.29, 1.82) is 0 Å². The summed E-state index contributed by atoms with van der Waals surface area (Å²) in [5.74, 6) is 0. The minimum Gasteiger partial charge on any atom is -0.199 e. The molecule has 22 heavy (non-hydrogen) atoms. The van der Waals surface area contributed by atoms with Crippen molar-refractivity contribution in [2.75, 3.05) is 14.2 Å². The summed E-state index contributed by atoms with van der Waals surface area (Å²) in [5.41, 5.74) is 12.4. The molecule has 0 spiro atoms. The van der Waals surface area contributed by atoms with Crippen LogP contribution in [-0.2, 0) is 19.2 Å². The summed E-state index contributed by atoms with van der Waals surface area (Å²) in [7, 11) is 1.50. The molecule has 0 fully saturated rings. The Morgan fingerprint density at radius 3 is 1.32 bits per heavy atom. The van der Waals surface area contributed by atoms with E-state index in [-0.39, 0.29) is 11.7 Å². The monoisotopic (exact) mass is 361 g/mol. The minimum absolute atomic E-state index is 0.120. The molecule has 130 valence electrons. The molecule has 0 aliphatic rings. The summed E-state index contributed by atoms with van der Waals surface area (Å²) in [6.45, 7) is 18.8. The zero-order valence-corrected chi connectivity index (χ0v) is 19.0. The van der Waals surface area contributed by atoms with Gasteiger partial charge < -0.3 is 15.9 Å². The van der Waals surface area contributed by atoms with Crippen LogP contribution in [0.25, 0.3) is 5.73 Å². The van der Waals surface area contributed by atoms with Gasteiger partial charge in [0.1, 0.15) is 0 Å². The fraction of sp³-hybridized carbons (Fsp3) is 0.706. The smallest absolute Gasteiger partial charge is 0.0630 e. The Hall–Kier alpha value is 0.161. The number of hydrogen-bond acceptors (Lipinski definition) is 2. The van der Waals surface area contributed by atoms with E-state index >= 15 is 0 Å². The fourth-order valence-corrected chi connectivity index (χ4v) is 1.13. The summed E-state index contributed by atoms with van der Waals surface area (Å²) < 4.78 is 0. The second kappa shape index (κ2) is 17.5. The molecule has 1 aromatic rings. The molecule has 0 saturated carbocycles. The zero-order valence-electron chi connectivity index (χ0n) is 16.4. The van der Waals surface area contributed by atoms with Gasteiger partial charge in [-0.1, -0.05) is 48.5 Å². The quantitative estimate of drug-likeness (QED) is 0.526. The summed E-state index contributed by atoms with van der Waals surface area (Å²) >= 11 is 2.27. The molecule has 0 atom stereocenters. The second-order valence-electron chi connectivity index (χ2n) is 6.01. The maximum atomic E-state index is 8.25. The molecule has 0 aliphatic carbocycles. The fourth-order valence-electron chi connectivity index (χ4n) is 1.13. The second-order valence-corrected chi connectivity index (χ2v) is 12.7. The minimum atomic E-state index is -0.250. The predicted molar refractivity (Wildman–Crippen MR) is 94.4 cm³/mol. The first-order valence-electron chi connectivity index (χ1n) is 7.14. The zero-order chi connectivity index (χ0) is 19.1. The Morgan fingerprint density at radius 1 is 1.05 bits per heavy atom. The van der Waals surface area contributed by atoms with Gasteiger partial charge in [0.25, 0.3) is 0 Å². The average molecular weight is 361 g/mol. The van der Waals surface area contributed by atoms with Gasteiger partial charge in [0.15, 0.2) is 0 Å². The van der Waals surface area contributed by atoms with Crippen molar-refractivity contribution in [1.82, 2.24) is 0 Å². The van der Waals surface area contributed by atoms with Gasteiger partial charge in [-0.2, -0.15) is 42.5 Å². The molecule has 0 aliphatic heterocycles. The van der Waals surface area contributed by atoms with Crippen molar-refractivity contribution in [3.05, 3.63) is 34.1 Å². The van der Waals surface area contributed by atoms with Crippen LogP contribution < -0.4 is 10.2 Å². The van der Waals surface area contributed by atoms with Gasteiger partial charge in [0.2, 0.25) is 0 Å². The third-order valence-corrected chi connectivity index (χ3v) is 2.18. The van der Waals surface area contributed by atoms with E-state index in [0.29, 0.717) is 0 Å². The topological polar surface area (TPSA) is 69.9 Å². The summed E-state index contributed by atoms with van der Waals surface area (Å²) in [6, 6.07) is 2.24. The van der Waals surface area contributed by atoms with E-state index in [0.717, 1.165) is 14.2 Å². The normalized spacial score (nSPS) is 8.73. The van der Waals surface area contributed by atoms with Gasteiger partial charge in [-0.25, -0.2) is 0 Å². The third-order valence-electron chi connectivity index (χ3n) is 2.18. The Labute approximate surface area is 150 Å². The van der Waals surface area contributed by atoms with Crippen LogP contribution in [0.2, 0.25) is 13.1 Å². The molecule has 0 unspecified atom stereocenters. The van der Waals surface area contributed by atoms with Crippen LogP contribution in [0.5, 0.6) is 0 Å². The molecule has 3 nitrogen and oxygen atoms in total. The van der Waals surface area contributed by atoms with Crippen molar-refractivity contribution in [3.63, 3.8) is 0 Å². The van der Waals surface area contributed by atoms with Crippen LogP contribution in [0.1, 0.15) is 43.0 Å². The molecular weight excluding hydrogens is 326 g/mol. The van der Waals surface area contributed by atoms with E-state index < -0.39 is 0 Å².